The molecule has 1 fully saturated rings. The van der Waals surface area contributed by atoms with Gasteiger partial charge in [-0.3, -0.25) is 9.78 Å². The zero-order valence-corrected chi connectivity index (χ0v) is 15.0. The number of nitriles is 1. The van der Waals surface area contributed by atoms with Crippen LogP contribution >= 0.6 is 11.6 Å². The van der Waals surface area contributed by atoms with Gasteiger partial charge in [0.1, 0.15) is 17.5 Å². The summed E-state index contributed by atoms with van der Waals surface area (Å²) in [6, 6.07) is 7.07. The predicted octanol–water partition coefficient (Wildman–Crippen LogP) is 1.60. The van der Waals surface area contributed by atoms with Crippen molar-refractivity contribution in [2.45, 2.75) is 12.3 Å². The van der Waals surface area contributed by atoms with E-state index in [4.69, 9.17) is 16.9 Å². The highest BCUT2D eigenvalue weighted by molar-refractivity contribution is 6.30. The summed E-state index contributed by atoms with van der Waals surface area (Å²) in [7, 11) is 0. The highest BCUT2D eigenvalue weighted by atomic mass is 35.5. The first kappa shape index (κ1) is 17.7. The molecule has 8 nitrogen and oxygen atoms in total. The van der Waals surface area contributed by atoms with E-state index in [0.717, 1.165) is 12.0 Å². The van der Waals surface area contributed by atoms with Crippen LogP contribution in [-0.4, -0.2) is 25.1 Å². The second-order valence-corrected chi connectivity index (χ2v) is 6.58. The molecule has 2 N–H and O–H groups in total. The van der Waals surface area contributed by atoms with Gasteiger partial charge in [0, 0.05) is 24.2 Å². The van der Waals surface area contributed by atoms with Gasteiger partial charge in [0.15, 0.2) is 5.15 Å². The van der Waals surface area contributed by atoms with Gasteiger partial charge in [0.05, 0.1) is 11.1 Å². The number of H-pyrrole nitrogens is 2. The zero-order chi connectivity index (χ0) is 19.7. The molecule has 1 saturated carbocycles. The summed E-state index contributed by atoms with van der Waals surface area (Å²) in [5.41, 5.74) is 1.21. The van der Waals surface area contributed by atoms with E-state index in [1.807, 2.05) is 6.07 Å². The predicted molar refractivity (Wildman–Crippen MR) is 100 cm³/mol. The number of hydrogen-bond donors (Lipinski definition) is 2. The first-order valence-corrected chi connectivity index (χ1v) is 8.66. The van der Waals surface area contributed by atoms with Gasteiger partial charge in [-0.05, 0) is 36.1 Å². The molecule has 0 radical (unpaired) electrons. The molecule has 2 atom stereocenters. The molecule has 3 aromatic rings. The van der Waals surface area contributed by atoms with Gasteiger partial charge in [-0.25, -0.2) is 9.78 Å². The monoisotopic (exact) mass is 390 g/mol. The molecule has 28 heavy (non-hydrogen) atoms. The molecule has 4 rings (SSSR count). The second kappa shape index (κ2) is 7.10. The van der Waals surface area contributed by atoms with Crippen LogP contribution in [0.3, 0.4) is 0 Å². The standard InChI is InChI=1S/C19H11ClN6O2/c20-17-14(6-16(25-26-17)15-9-23-19(28)24-18(15)27)13-5-11(13)2-4-12-3-1-10(7-21)8-22-12/h1,3,6,8-9,11,13H,5H2,(H2,23,24,27,28)/t11-,13-/m0/s1. The number of nitrogens with one attached hydrogen (secondary N) is 2. The second-order valence-electron chi connectivity index (χ2n) is 6.22. The molecule has 9 heteroatoms. The first-order valence-electron chi connectivity index (χ1n) is 8.28. The number of aromatic nitrogens is 5. The SMILES string of the molecule is N#Cc1ccc(C#C[C@H]2C[C@@H]2c2cc(-c3c[nH]c(=O)[nH]c3=O)nnc2Cl)nc1. The molecule has 0 saturated heterocycles. The van der Waals surface area contributed by atoms with Crippen LogP contribution in [-0.2, 0) is 0 Å². The fourth-order valence-corrected chi connectivity index (χ4v) is 3.01. The van der Waals surface area contributed by atoms with Crippen molar-refractivity contribution < 1.29 is 0 Å². The lowest BCUT2D eigenvalue weighted by Crippen LogP contribution is -2.23. The summed E-state index contributed by atoms with van der Waals surface area (Å²) in [5.74, 6) is 6.30. The van der Waals surface area contributed by atoms with Crippen LogP contribution in [0.1, 0.15) is 29.2 Å². The fourth-order valence-electron chi connectivity index (χ4n) is 2.78. The van der Waals surface area contributed by atoms with Crippen molar-refractivity contribution in [3.63, 3.8) is 0 Å². The van der Waals surface area contributed by atoms with Crippen molar-refractivity contribution in [3.8, 4) is 29.2 Å². The lowest BCUT2D eigenvalue weighted by Gasteiger charge is -2.04. The van der Waals surface area contributed by atoms with Crippen LogP contribution in [0, 0.1) is 29.1 Å². The Balaban J connectivity index is 1.57. The van der Waals surface area contributed by atoms with Crippen LogP contribution in [0.2, 0.25) is 5.15 Å². The maximum atomic E-state index is 12.0. The third-order valence-corrected chi connectivity index (χ3v) is 4.63. The van der Waals surface area contributed by atoms with Gasteiger partial charge >= 0.3 is 5.69 Å². The van der Waals surface area contributed by atoms with E-state index < -0.39 is 11.2 Å². The van der Waals surface area contributed by atoms with Gasteiger partial charge < -0.3 is 4.98 Å². The van der Waals surface area contributed by atoms with Crippen LogP contribution < -0.4 is 11.2 Å². The van der Waals surface area contributed by atoms with Gasteiger partial charge in [-0.2, -0.15) is 5.26 Å². The Kier molecular flexibility index (Phi) is 4.48. The number of hydrogen-bond acceptors (Lipinski definition) is 6. The summed E-state index contributed by atoms with van der Waals surface area (Å²) in [6.45, 7) is 0. The van der Waals surface area contributed by atoms with Crippen molar-refractivity contribution in [2.24, 2.45) is 5.92 Å². The number of halogens is 1. The molecule has 0 aliphatic heterocycles. The zero-order valence-electron chi connectivity index (χ0n) is 14.2. The van der Waals surface area contributed by atoms with E-state index in [9.17, 15) is 9.59 Å². The van der Waals surface area contributed by atoms with Gasteiger partial charge in [-0.15, -0.1) is 10.2 Å². The first-order chi connectivity index (χ1) is 13.5. The lowest BCUT2D eigenvalue weighted by atomic mass is 10.1. The lowest BCUT2D eigenvalue weighted by molar-refractivity contribution is 0.953. The third kappa shape index (κ3) is 3.54. The number of nitrogens with zero attached hydrogens (tertiary/aromatic N) is 4. The summed E-state index contributed by atoms with van der Waals surface area (Å²) in [6.07, 6.45) is 3.58. The Morgan fingerprint density at radius 3 is 2.82 bits per heavy atom. The highest BCUT2D eigenvalue weighted by Gasteiger charge is 2.39. The molecule has 1 aliphatic carbocycles. The molecule has 3 aromatic heterocycles. The van der Waals surface area contributed by atoms with Crippen LogP contribution in [0.5, 0.6) is 0 Å². The average Bonchev–Trinajstić information content (AvgIpc) is 3.47. The van der Waals surface area contributed by atoms with E-state index in [1.165, 1.54) is 12.4 Å². The maximum absolute atomic E-state index is 12.0. The summed E-state index contributed by atoms with van der Waals surface area (Å²) in [5, 5.41) is 16.9. The van der Waals surface area contributed by atoms with E-state index in [2.05, 4.69) is 37.0 Å². The quantitative estimate of drug-likeness (QED) is 0.639. The van der Waals surface area contributed by atoms with Gasteiger partial charge in [0.2, 0.25) is 0 Å². The molecule has 136 valence electrons. The molecule has 0 bridgehead atoms. The van der Waals surface area contributed by atoms with Gasteiger partial charge in [-0.1, -0.05) is 17.5 Å². The Bertz CT molecular complexity index is 1280. The minimum atomic E-state index is -0.593. The average molecular weight is 391 g/mol. The van der Waals surface area contributed by atoms with E-state index >= 15 is 0 Å². The molecule has 0 amide bonds. The molecule has 0 unspecified atom stereocenters. The maximum Gasteiger partial charge on any atom is 0.325 e. The Hall–Kier alpha value is -3.75. The molecule has 0 aromatic carbocycles. The van der Waals surface area contributed by atoms with Crippen LogP contribution in [0.4, 0.5) is 0 Å². The Labute approximate surface area is 163 Å². The number of pyridine rings is 1. The van der Waals surface area contributed by atoms with Gasteiger partial charge in [0.25, 0.3) is 5.56 Å². The van der Waals surface area contributed by atoms with Crippen LogP contribution in [0.25, 0.3) is 11.3 Å². The molecular formula is C19H11ClN6O2. The summed E-state index contributed by atoms with van der Waals surface area (Å²) >= 11 is 6.19. The molecule has 3 heterocycles. The highest BCUT2D eigenvalue weighted by Crippen LogP contribution is 2.49. The van der Waals surface area contributed by atoms with Crippen molar-refractivity contribution in [1.29, 1.82) is 5.26 Å². The number of aromatic amines is 2. The fraction of sp³-hybridized carbons (Fsp3) is 0.158. The van der Waals surface area contributed by atoms with E-state index in [1.54, 1.807) is 18.2 Å². The summed E-state index contributed by atoms with van der Waals surface area (Å²) < 4.78 is 0. The summed E-state index contributed by atoms with van der Waals surface area (Å²) in [4.78, 5) is 31.8. The van der Waals surface area contributed by atoms with Crippen molar-refractivity contribution in [3.05, 3.63) is 73.4 Å². The normalized spacial score (nSPS) is 17.3. The molecule has 0 spiro atoms. The Morgan fingerprint density at radius 2 is 2.11 bits per heavy atom. The molecular weight excluding hydrogens is 380 g/mol. The third-order valence-electron chi connectivity index (χ3n) is 4.34. The smallest absolute Gasteiger partial charge is 0.313 e. The van der Waals surface area contributed by atoms with E-state index in [-0.39, 0.29) is 22.6 Å². The number of rotatable bonds is 2. The van der Waals surface area contributed by atoms with Crippen molar-refractivity contribution in [2.75, 3.05) is 0 Å². The minimum absolute atomic E-state index is 0.0782. The topological polar surface area (TPSA) is 128 Å². The molecule has 1 aliphatic rings. The Morgan fingerprint density at radius 1 is 1.25 bits per heavy atom. The minimum Gasteiger partial charge on any atom is -0.313 e. The van der Waals surface area contributed by atoms with Crippen molar-refractivity contribution >= 4 is 11.6 Å². The van der Waals surface area contributed by atoms with Crippen molar-refractivity contribution in [1.82, 2.24) is 25.1 Å². The largest absolute Gasteiger partial charge is 0.325 e. The van der Waals surface area contributed by atoms with Crippen LogP contribution in [0.15, 0.2) is 40.2 Å². The van der Waals surface area contributed by atoms with E-state index in [0.29, 0.717) is 17.0 Å².